The van der Waals surface area contributed by atoms with Gasteiger partial charge in [0.1, 0.15) is 5.75 Å². The summed E-state index contributed by atoms with van der Waals surface area (Å²) in [5.41, 5.74) is 2.44. The molecule has 0 bridgehead atoms. The van der Waals surface area contributed by atoms with E-state index in [0.717, 1.165) is 22.8 Å². The number of rotatable bonds is 11. The number of esters is 1. The van der Waals surface area contributed by atoms with E-state index in [9.17, 15) is 31.8 Å². The van der Waals surface area contributed by atoms with E-state index in [0.29, 0.717) is 43.6 Å². The summed E-state index contributed by atoms with van der Waals surface area (Å²) in [6.07, 6.45) is 3.17. The van der Waals surface area contributed by atoms with Crippen LogP contribution in [0.2, 0.25) is 0 Å². The third kappa shape index (κ3) is 7.31. The summed E-state index contributed by atoms with van der Waals surface area (Å²) in [5.74, 6) is -0.455. The molecular weight excluding hydrogens is 620 g/mol. The zero-order valence-electron chi connectivity index (χ0n) is 24.9. The Morgan fingerprint density at radius 2 is 1.73 bits per heavy atom. The Hall–Kier alpha value is -3.95. The lowest BCUT2D eigenvalue weighted by molar-refractivity contribution is 0.0603. The number of carbonyl (C=O) groups is 1. The summed E-state index contributed by atoms with van der Waals surface area (Å²) in [4.78, 5) is 12.3. The molecule has 0 amide bonds. The first-order valence-electron chi connectivity index (χ1n) is 14.4. The minimum absolute atomic E-state index is 0.00952. The number of carbonyl (C=O) groups excluding carboxylic acids is 1. The highest BCUT2D eigenvalue weighted by molar-refractivity contribution is 7.92. The van der Waals surface area contributed by atoms with Crippen LogP contribution in [0.3, 0.4) is 0 Å². The molecule has 240 valence electrons. The fourth-order valence-corrected chi connectivity index (χ4v) is 7.58. The third-order valence-corrected chi connectivity index (χ3v) is 10.4. The Morgan fingerprint density at radius 1 is 1.02 bits per heavy atom. The first-order chi connectivity index (χ1) is 21.4. The van der Waals surface area contributed by atoms with Crippen molar-refractivity contribution in [3.8, 4) is 11.4 Å². The number of fused-ring (bicyclic) bond motifs is 1. The van der Waals surface area contributed by atoms with E-state index < -0.39 is 32.1 Å². The van der Waals surface area contributed by atoms with Gasteiger partial charge in [-0.3, -0.25) is 4.72 Å². The van der Waals surface area contributed by atoms with Crippen LogP contribution < -0.4 is 10.0 Å². The van der Waals surface area contributed by atoms with Crippen LogP contribution in [0.15, 0.2) is 77.8 Å². The maximum absolute atomic E-state index is 13.4. The fourth-order valence-electron chi connectivity index (χ4n) is 5.55. The number of aromatic hydroxyl groups is 1. The highest BCUT2D eigenvalue weighted by Crippen LogP contribution is 2.29. The molecular formula is C31H36N4O8S2. The second-order valence-electron chi connectivity index (χ2n) is 11.1. The van der Waals surface area contributed by atoms with Crippen LogP contribution in [-0.4, -0.2) is 81.4 Å². The van der Waals surface area contributed by atoms with E-state index in [1.165, 1.54) is 29.6 Å². The maximum Gasteiger partial charge on any atom is 0.338 e. The van der Waals surface area contributed by atoms with E-state index in [2.05, 4.69) is 10.0 Å². The molecule has 1 aliphatic rings. The molecule has 0 unspecified atom stereocenters. The largest absolute Gasteiger partial charge is 0.506 e. The average Bonchev–Trinajstić information content (AvgIpc) is 3.46. The number of aliphatic hydroxyl groups is 1. The van der Waals surface area contributed by atoms with Crippen LogP contribution in [-0.2, 0) is 24.8 Å². The number of nitrogens with one attached hydrogen (secondary N) is 2. The normalized spacial score (nSPS) is 15.6. The summed E-state index contributed by atoms with van der Waals surface area (Å²) >= 11 is 0. The maximum atomic E-state index is 13.4. The number of aliphatic hydroxyl groups excluding tert-OH is 1. The molecule has 0 aliphatic carbocycles. The third-order valence-electron chi connectivity index (χ3n) is 7.94. The van der Waals surface area contributed by atoms with Gasteiger partial charge in [-0.1, -0.05) is 12.1 Å². The quantitative estimate of drug-likeness (QED) is 0.140. The number of phenols is 1. The van der Waals surface area contributed by atoms with E-state index in [-0.39, 0.29) is 28.8 Å². The molecule has 0 saturated carbocycles. The van der Waals surface area contributed by atoms with Gasteiger partial charge in [-0.25, -0.2) is 21.6 Å². The van der Waals surface area contributed by atoms with E-state index in [4.69, 9.17) is 4.74 Å². The van der Waals surface area contributed by atoms with Gasteiger partial charge in [0.2, 0.25) is 20.0 Å². The van der Waals surface area contributed by atoms with Gasteiger partial charge in [-0.15, -0.1) is 0 Å². The number of hydrogen-bond donors (Lipinski definition) is 4. The fraction of sp³-hybridized carbons (Fsp3) is 0.323. The van der Waals surface area contributed by atoms with Crippen LogP contribution in [0.1, 0.15) is 34.9 Å². The van der Waals surface area contributed by atoms with Crippen LogP contribution in [0.5, 0.6) is 5.75 Å². The first-order valence-corrected chi connectivity index (χ1v) is 17.7. The van der Waals surface area contributed by atoms with Gasteiger partial charge in [-0.2, -0.15) is 4.31 Å². The second-order valence-corrected chi connectivity index (χ2v) is 14.8. The standard InChI is InChI=1S/C31H36N4O8S2/c1-43-31(38)26-4-3-5-28-25(26)14-17-35(28)23-7-9-24(10-8-23)45(41,42)34-15-12-21(13-16-34)19-32-20-30(37)22-6-11-29(36)27(18-22)33-44(2,39)40/h3-11,14,17-18,21,30,32-33,36-37H,12-13,15-16,19-20H2,1-2H3/t30-/m1/s1. The minimum Gasteiger partial charge on any atom is -0.506 e. The van der Waals surface area contributed by atoms with Crippen molar-refractivity contribution < 1.29 is 36.6 Å². The molecule has 45 heavy (non-hydrogen) atoms. The summed E-state index contributed by atoms with van der Waals surface area (Å²) in [6, 6.07) is 18.1. The van der Waals surface area contributed by atoms with E-state index >= 15 is 0 Å². The lowest BCUT2D eigenvalue weighted by Crippen LogP contribution is -2.41. The van der Waals surface area contributed by atoms with Crippen molar-refractivity contribution >= 4 is 42.6 Å². The number of ether oxygens (including phenoxy) is 1. The highest BCUT2D eigenvalue weighted by atomic mass is 32.2. The Bertz CT molecular complexity index is 1900. The monoisotopic (exact) mass is 656 g/mol. The van der Waals surface area contributed by atoms with Crippen LogP contribution in [0.25, 0.3) is 16.6 Å². The Balaban J connectivity index is 1.15. The van der Waals surface area contributed by atoms with Gasteiger partial charge in [0.05, 0.1) is 41.1 Å². The van der Waals surface area contributed by atoms with Crippen molar-refractivity contribution in [2.75, 3.05) is 44.3 Å². The number of phenolic OH excluding ortho intramolecular Hbond substituents is 1. The summed E-state index contributed by atoms with van der Waals surface area (Å²) < 4.78 is 60.4. The van der Waals surface area contributed by atoms with Crippen molar-refractivity contribution in [1.82, 2.24) is 14.2 Å². The topological polar surface area (TPSA) is 167 Å². The van der Waals surface area contributed by atoms with Crippen molar-refractivity contribution in [2.45, 2.75) is 23.8 Å². The Morgan fingerprint density at radius 3 is 2.40 bits per heavy atom. The van der Waals surface area contributed by atoms with Gasteiger partial charge >= 0.3 is 5.97 Å². The molecule has 5 rings (SSSR count). The Labute approximate surface area is 262 Å². The minimum atomic E-state index is -3.69. The van der Waals surface area contributed by atoms with E-state index in [1.807, 2.05) is 22.9 Å². The molecule has 1 aliphatic heterocycles. The predicted molar refractivity (Wildman–Crippen MR) is 171 cm³/mol. The molecule has 1 fully saturated rings. The lowest BCUT2D eigenvalue weighted by Gasteiger charge is -2.31. The van der Waals surface area contributed by atoms with Gasteiger partial charge in [0.15, 0.2) is 0 Å². The second kappa shape index (κ2) is 13.2. The van der Waals surface area contributed by atoms with Gasteiger partial charge < -0.3 is 24.8 Å². The zero-order chi connectivity index (χ0) is 32.4. The highest BCUT2D eigenvalue weighted by Gasteiger charge is 2.29. The molecule has 3 aromatic carbocycles. The molecule has 1 atom stereocenters. The molecule has 4 aromatic rings. The molecule has 0 spiro atoms. The lowest BCUT2D eigenvalue weighted by atomic mass is 9.98. The molecule has 4 N–H and O–H groups in total. The number of nitrogens with zero attached hydrogens (tertiary/aromatic N) is 2. The molecule has 1 saturated heterocycles. The number of methoxy groups -OCH3 is 1. The number of hydrogen-bond acceptors (Lipinski definition) is 9. The van der Waals surface area contributed by atoms with Crippen molar-refractivity contribution in [3.63, 3.8) is 0 Å². The van der Waals surface area contributed by atoms with E-state index in [1.54, 1.807) is 36.4 Å². The predicted octanol–water partition coefficient (Wildman–Crippen LogP) is 3.22. The zero-order valence-corrected chi connectivity index (χ0v) is 26.5. The van der Waals surface area contributed by atoms with Gasteiger partial charge in [0, 0.05) is 36.9 Å². The van der Waals surface area contributed by atoms with Crippen LogP contribution in [0.4, 0.5) is 5.69 Å². The summed E-state index contributed by atoms with van der Waals surface area (Å²) in [7, 11) is -5.95. The Kier molecular flexibility index (Phi) is 9.51. The van der Waals surface area contributed by atoms with Gasteiger partial charge in [0.25, 0.3) is 0 Å². The first kappa shape index (κ1) is 32.4. The number of benzene rings is 3. The van der Waals surface area contributed by atoms with Crippen molar-refractivity contribution in [1.29, 1.82) is 0 Å². The van der Waals surface area contributed by atoms with Crippen molar-refractivity contribution in [2.24, 2.45) is 5.92 Å². The van der Waals surface area contributed by atoms with Gasteiger partial charge in [-0.05, 0) is 85.5 Å². The summed E-state index contributed by atoms with van der Waals surface area (Å²) in [6.45, 7) is 1.52. The number of aromatic nitrogens is 1. The van der Waals surface area contributed by atoms with Crippen molar-refractivity contribution in [3.05, 3.63) is 84.1 Å². The van der Waals surface area contributed by atoms with Crippen LogP contribution in [0, 0.1) is 5.92 Å². The molecule has 14 heteroatoms. The molecule has 1 aromatic heterocycles. The number of piperidine rings is 1. The number of anilines is 1. The number of sulfonamides is 2. The molecule has 2 heterocycles. The van der Waals surface area contributed by atoms with Crippen LogP contribution >= 0.6 is 0 Å². The molecule has 0 radical (unpaired) electrons. The summed E-state index contributed by atoms with van der Waals surface area (Å²) in [5, 5.41) is 24.5. The smallest absolute Gasteiger partial charge is 0.338 e. The SMILES string of the molecule is COC(=O)c1cccc2c1ccn2-c1ccc(S(=O)(=O)N2CCC(CNC[C@@H](O)c3ccc(O)c(NS(C)(=O)=O)c3)CC2)cc1. The molecule has 12 nitrogen and oxygen atoms in total. The average molecular weight is 657 g/mol.